The second-order valence-corrected chi connectivity index (χ2v) is 9.17. The van der Waals surface area contributed by atoms with E-state index in [1.54, 1.807) is 47.4 Å². The van der Waals surface area contributed by atoms with Gasteiger partial charge in [0.05, 0.1) is 10.4 Å². The van der Waals surface area contributed by atoms with Crippen molar-refractivity contribution in [3.8, 4) is 0 Å². The third-order valence-electron chi connectivity index (χ3n) is 5.21. The molecule has 1 amide bonds. The maximum Gasteiger partial charge on any atom is 0.271 e. The molecule has 2 heterocycles. The molecule has 0 radical (unpaired) electrons. The first-order valence-corrected chi connectivity index (χ1v) is 11.2. The molecule has 4 rings (SSSR count). The summed E-state index contributed by atoms with van der Waals surface area (Å²) in [5.41, 5.74) is 1.40. The van der Waals surface area contributed by atoms with Crippen LogP contribution in [0.25, 0.3) is 10.9 Å². The first-order chi connectivity index (χ1) is 13.9. The molecule has 1 saturated heterocycles. The number of rotatable bonds is 4. The highest BCUT2D eigenvalue weighted by Crippen LogP contribution is 2.27. The highest BCUT2D eigenvalue weighted by Gasteiger charge is 2.30. The van der Waals surface area contributed by atoms with E-state index in [1.807, 2.05) is 7.05 Å². The summed E-state index contributed by atoms with van der Waals surface area (Å²) in [7, 11) is -1.94. The van der Waals surface area contributed by atoms with Gasteiger partial charge in [-0.3, -0.25) is 4.79 Å². The lowest BCUT2D eigenvalue weighted by Crippen LogP contribution is -2.47. The van der Waals surface area contributed by atoms with Gasteiger partial charge in [0.1, 0.15) is 5.69 Å². The predicted molar refractivity (Wildman–Crippen MR) is 117 cm³/mol. The minimum Gasteiger partial charge on any atom is -0.335 e. The zero-order valence-corrected chi connectivity index (χ0v) is 17.6. The zero-order chi connectivity index (χ0) is 20.6. The van der Waals surface area contributed by atoms with Crippen LogP contribution in [0, 0.1) is 0 Å². The van der Waals surface area contributed by atoms with Crippen LogP contribution < -0.4 is 0 Å². The molecule has 150 valence electrons. The van der Waals surface area contributed by atoms with Crippen molar-refractivity contribution in [1.29, 1.82) is 0 Å². The van der Waals surface area contributed by atoms with Crippen molar-refractivity contribution in [2.45, 2.75) is 4.90 Å². The summed E-state index contributed by atoms with van der Waals surface area (Å²) in [4.78, 5) is 17.3. The molecule has 1 aliphatic rings. The number of hydrogen-bond donors (Lipinski definition) is 0. The minimum atomic E-state index is -3.94. The average molecular weight is 428 g/mol. The zero-order valence-electron chi connectivity index (χ0n) is 16.0. The largest absolute Gasteiger partial charge is 0.335 e. The summed E-state index contributed by atoms with van der Waals surface area (Å²) < 4.78 is 28.1. The molecular weight excluding hydrogens is 406 g/mol. The molecule has 1 fully saturated rings. The minimum absolute atomic E-state index is 0.142. The maximum atomic E-state index is 13.5. The normalized spacial score (nSPS) is 15.6. The summed E-state index contributed by atoms with van der Waals surface area (Å²) in [5.74, 6) is -0.280. The van der Waals surface area contributed by atoms with E-state index in [4.69, 9.17) is 12.2 Å². The summed E-state index contributed by atoms with van der Waals surface area (Å²) in [6.07, 6.45) is 0. The van der Waals surface area contributed by atoms with Gasteiger partial charge in [-0.05, 0) is 42.9 Å². The van der Waals surface area contributed by atoms with Gasteiger partial charge < -0.3 is 9.80 Å². The van der Waals surface area contributed by atoms with E-state index < -0.39 is 10.0 Å². The Kier molecular flexibility index (Phi) is 5.24. The Morgan fingerprint density at radius 2 is 1.69 bits per heavy atom. The highest BCUT2D eigenvalue weighted by molar-refractivity contribution is 7.90. The Labute approximate surface area is 175 Å². The van der Waals surface area contributed by atoms with Crippen LogP contribution in [-0.2, 0) is 10.0 Å². The van der Waals surface area contributed by atoms with Gasteiger partial charge in [-0.15, -0.1) is 0 Å². The second-order valence-electron chi connectivity index (χ2n) is 7.14. The molecule has 6 nitrogen and oxygen atoms in total. The van der Waals surface area contributed by atoms with Gasteiger partial charge in [-0.2, -0.15) is 0 Å². The van der Waals surface area contributed by atoms with Gasteiger partial charge >= 0.3 is 0 Å². The van der Waals surface area contributed by atoms with Crippen molar-refractivity contribution >= 4 is 44.4 Å². The lowest BCUT2D eigenvalue weighted by molar-refractivity contribution is 0.0657. The number of likely N-dealkylation sites (N-methyl/N-ethyl adjacent to an activating group) is 1. The van der Waals surface area contributed by atoms with Crippen molar-refractivity contribution in [1.82, 2.24) is 13.8 Å². The van der Waals surface area contributed by atoms with Gasteiger partial charge in [0.15, 0.2) is 0 Å². The Hall–Kier alpha value is -2.55. The van der Waals surface area contributed by atoms with Gasteiger partial charge in [0.25, 0.3) is 15.9 Å². The quantitative estimate of drug-likeness (QED) is 0.599. The molecule has 0 saturated carbocycles. The first kappa shape index (κ1) is 19.8. The van der Waals surface area contributed by atoms with Gasteiger partial charge in [0, 0.05) is 36.9 Å². The smallest absolute Gasteiger partial charge is 0.271 e. The van der Waals surface area contributed by atoms with Gasteiger partial charge in [-0.1, -0.05) is 36.5 Å². The van der Waals surface area contributed by atoms with Crippen LogP contribution in [0.1, 0.15) is 16.1 Å². The Morgan fingerprint density at radius 3 is 2.34 bits per heavy atom. The van der Waals surface area contributed by atoms with E-state index in [0.717, 1.165) is 18.7 Å². The Morgan fingerprint density at radius 1 is 1.00 bits per heavy atom. The SMILES string of the molecule is CN1CCN(C(=O)c2cc3cc(C=S)ccc3n2S(=O)(=O)c2ccccc2)CC1. The highest BCUT2D eigenvalue weighted by atomic mass is 32.2. The van der Waals surface area contributed by atoms with Crippen molar-refractivity contribution in [3.05, 3.63) is 65.9 Å². The summed E-state index contributed by atoms with van der Waals surface area (Å²) >= 11 is 5.01. The average Bonchev–Trinajstić information content (AvgIpc) is 3.13. The Bertz CT molecular complexity index is 1180. The maximum absolute atomic E-state index is 13.5. The summed E-state index contributed by atoms with van der Waals surface area (Å²) in [6, 6.07) is 15.1. The van der Waals surface area contributed by atoms with Gasteiger partial charge in [0.2, 0.25) is 0 Å². The third kappa shape index (κ3) is 3.59. The molecule has 3 aromatic rings. The van der Waals surface area contributed by atoms with E-state index >= 15 is 0 Å². The molecule has 1 aliphatic heterocycles. The number of carbonyl (C=O) groups is 1. The molecule has 0 bridgehead atoms. The van der Waals surface area contributed by atoms with Crippen LogP contribution in [0.15, 0.2) is 59.5 Å². The second kappa shape index (κ2) is 7.70. The van der Waals surface area contributed by atoms with Crippen LogP contribution in [0.5, 0.6) is 0 Å². The lowest BCUT2D eigenvalue weighted by Gasteiger charge is -2.32. The number of amides is 1. The molecule has 0 atom stereocenters. The molecule has 2 aromatic carbocycles. The standard InChI is InChI=1S/C21H21N3O3S2/c1-22-9-11-23(12-10-22)21(25)20-14-17-13-16(15-28)7-8-19(17)24(20)29(26,27)18-5-3-2-4-6-18/h2-8,13-15H,9-12H2,1H3. The topological polar surface area (TPSA) is 62.6 Å². The molecule has 0 N–H and O–H groups in total. The van der Waals surface area contributed by atoms with Crippen LogP contribution in [0.3, 0.4) is 0 Å². The fourth-order valence-electron chi connectivity index (χ4n) is 3.56. The molecule has 0 aliphatic carbocycles. The van der Waals surface area contributed by atoms with Crippen LogP contribution in [0.2, 0.25) is 0 Å². The van der Waals surface area contributed by atoms with E-state index in [0.29, 0.717) is 24.0 Å². The number of nitrogens with zero attached hydrogens (tertiary/aromatic N) is 3. The predicted octanol–water partition coefficient (Wildman–Crippen LogP) is 2.61. The number of benzene rings is 2. The van der Waals surface area contributed by atoms with E-state index in [1.165, 1.54) is 21.5 Å². The molecule has 0 spiro atoms. The number of carbonyl (C=O) groups excluding carboxylic acids is 1. The monoisotopic (exact) mass is 427 g/mol. The van der Waals surface area contributed by atoms with Crippen LogP contribution in [0.4, 0.5) is 0 Å². The molecule has 8 heteroatoms. The summed E-state index contributed by atoms with van der Waals surface area (Å²) in [5, 5.41) is 2.20. The molecule has 0 unspecified atom stereocenters. The number of aromatic nitrogens is 1. The van der Waals surface area contributed by atoms with E-state index in [2.05, 4.69) is 4.90 Å². The number of piperazine rings is 1. The van der Waals surface area contributed by atoms with Crippen LogP contribution >= 0.6 is 12.2 Å². The Balaban J connectivity index is 1.90. The van der Waals surface area contributed by atoms with Crippen LogP contribution in [-0.4, -0.2) is 66.7 Å². The fourth-order valence-corrected chi connectivity index (χ4v) is 5.23. The van der Waals surface area contributed by atoms with E-state index in [-0.39, 0.29) is 16.5 Å². The van der Waals surface area contributed by atoms with E-state index in [9.17, 15) is 13.2 Å². The molecular formula is C21H21N3O3S2. The third-order valence-corrected chi connectivity index (χ3v) is 7.22. The lowest BCUT2D eigenvalue weighted by atomic mass is 10.2. The fraction of sp³-hybridized carbons (Fsp3) is 0.238. The number of thiocarbonyl (C=S) groups is 1. The first-order valence-electron chi connectivity index (χ1n) is 9.31. The number of hydrogen-bond acceptors (Lipinski definition) is 5. The van der Waals surface area contributed by atoms with Crippen molar-refractivity contribution in [2.75, 3.05) is 33.2 Å². The van der Waals surface area contributed by atoms with Crippen molar-refractivity contribution < 1.29 is 13.2 Å². The van der Waals surface area contributed by atoms with Gasteiger partial charge in [-0.25, -0.2) is 12.4 Å². The van der Waals surface area contributed by atoms with Crippen molar-refractivity contribution in [3.63, 3.8) is 0 Å². The summed E-state index contributed by atoms with van der Waals surface area (Å²) in [6.45, 7) is 2.64. The molecule has 1 aromatic heterocycles. The number of fused-ring (bicyclic) bond motifs is 1. The van der Waals surface area contributed by atoms with Crippen molar-refractivity contribution in [2.24, 2.45) is 0 Å². The molecule has 29 heavy (non-hydrogen) atoms.